The van der Waals surface area contributed by atoms with Gasteiger partial charge in [-0.1, -0.05) is 0 Å². The number of esters is 1. The molecule has 0 spiro atoms. The molecule has 0 aromatic heterocycles. The number of nitrogens with two attached hydrogens (primary N) is 1. The van der Waals surface area contributed by atoms with E-state index in [0.717, 1.165) is 12.8 Å². The molecule has 11 heavy (non-hydrogen) atoms. The van der Waals surface area contributed by atoms with Gasteiger partial charge >= 0.3 is 5.97 Å². The highest BCUT2D eigenvalue weighted by molar-refractivity contribution is 5.85. The van der Waals surface area contributed by atoms with E-state index in [4.69, 9.17) is 10.5 Å². The van der Waals surface area contributed by atoms with Gasteiger partial charge in [-0.25, -0.2) is 0 Å². The molecule has 0 saturated heterocycles. The molecular formula is C7H14ClNO2. The Labute approximate surface area is 72.7 Å². The van der Waals surface area contributed by atoms with Gasteiger partial charge in [-0.15, -0.1) is 12.4 Å². The van der Waals surface area contributed by atoms with E-state index in [1.54, 1.807) is 0 Å². The second-order valence-electron chi connectivity index (χ2n) is 2.70. The zero-order chi connectivity index (χ0) is 7.61. The number of halogens is 1. The molecule has 1 aliphatic carbocycles. The number of carbonyl (C=O) groups excluding carboxylic acids is 1. The Balaban J connectivity index is 0.000001000. The Kier molecular flexibility index (Phi) is 3.83. The maximum atomic E-state index is 11.1. The van der Waals surface area contributed by atoms with Crippen LogP contribution in [0.25, 0.3) is 0 Å². The van der Waals surface area contributed by atoms with E-state index >= 15 is 0 Å². The van der Waals surface area contributed by atoms with E-state index in [9.17, 15) is 4.79 Å². The minimum atomic E-state index is -0.282. The maximum absolute atomic E-state index is 11.1. The third kappa shape index (κ3) is 2.07. The Morgan fingerprint density at radius 3 is 2.45 bits per heavy atom. The Hall–Kier alpha value is -0.280. The van der Waals surface area contributed by atoms with Crippen LogP contribution in [0.4, 0.5) is 0 Å². The van der Waals surface area contributed by atoms with Gasteiger partial charge in [0.25, 0.3) is 0 Å². The predicted octanol–water partition coefficient (Wildman–Crippen LogP) is 0.710. The molecule has 1 saturated carbocycles. The first kappa shape index (κ1) is 10.7. The Bertz CT molecular complexity index is 145. The van der Waals surface area contributed by atoms with Crippen molar-refractivity contribution >= 4 is 18.4 Å². The fraction of sp³-hybridized carbons (Fsp3) is 0.857. The second kappa shape index (κ2) is 3.93. The van der Waals surface area contributed by atoms with Gasteiger partial charge in [-0.2, -0.15) is 0 Å². The molecule has 0 aromatic carbocycles. The second-order valence-corrected chi connectivity index (χ2v) is 2.70. The Morgan fingerprint density at radius 2 is 2.18 bits per heavy atom. The van der Waals surface area contributed by atoms with E-state index in [2.05, 4.69) is 0 Å². The highest BCUT2D eigenvalue weighted by Crippen LogP contribution is 2.45. The van der Waals surface area contributed by atoms with Gasteiger partial charge in [0.15, 0.2) is 0 Å². The summed E-state index contributed by atoms with van der Waals surface area (Å²) >= 11 is 0. The van der Waals surface area contributed by atoms with Crippen molar-refractivity contribution in [3.63, 3.8) is 0 Å². The van der Waals surface area contributed by atoms with Crippen molar-refractivity contribution in [2.24, 2.45) is 11.1 Å². The average Bonchev–Trinajstić information content (AvgIpc) is 2.68. The van der Waals surface area contributed by atoms with Crippen molar-refractivity contribution in [2.45, 2.75) is 19.8 Å². The van der Waals surface area contributed by atoms with Crippen LogP contribution in [0.5, 0.6) is 0 Å². The van der Waals surface area contributed by atoms with Crippen molar-refractivity contribution < 1.29 is 9.53 Å². The molecule has 1 rings (SSSR count). The Morgan fingerprint density at radius 1 is 1.64 bits per heavy atom. The summed E-state index contributed by atoms with van der Waals surface area (Å²) in [6.45, 7) is 2.71. The third-order valence-corrected chi connectivity index (χ3v) is 1.95. The lowest BCUT2D eigenvalue weighted by Crippen LogP contribution is -2.27. The van der Waals surface area contributed by atoms with Crippen LogP contribution in [0.3, 0.4) is 0 Å². The first-order chi connectivity index (χ1) is 4.75. The average molecular weight is 180 g/mol. The van der Waals surface area contributed by atoms with Gasteiger partial charge in [0.05, 0.1) is 12.0 Å². The molecule has 0 unspecified atom stereocenters. The summed E-state index contributed by atoms with van der Waals surface area (Å²) in [4.78, 5) is 11.1. The van der Waals surface area contributed by atoms with Crippen LogP contribution in [-0.4, -0.2) is 19.1 Å². The van der Waals surface area contributed by atoms with E-state index in [1.807, 2.05) is 6.92 Å². The molecule has 0 heterocycles. The van der Waals surface area contributed by atoms with Crippen LogP contribution < -0.4 is 5.73 Å². The van der Waals surface area contributed by atoms with Gasteiger partial charge in [-0.3, -0.25) is 4.79 Å². The molecular weight excluding hydrogens is 166 g/mol. The zero-order valence-corrected chi connectivity index (χ0v) is 7.45. The lowest BCUT2D eigenvalue weighted by atomic mass is 10.1. The highest BCUT2D eigenvalue weighted by atomic mass is 35.5. The number of hydrogen-bond donors (Lipinski definition) is 1. The van der Waals surface area contributed by atoms with Gasteiger partial charge in [0.2, 0.25) is 0 Å². The maximum Gasteiger partial charge on any atom is 0.313 e. The smallest absolute Gasteiger partial charge is 0.313 e. The largest absolute Gasteiger partial charge is 0.466 e. The van der Waals surface area contributed by atoms with Crippen molar-refractivity contribution in [2.75, 3.05) is 13.2 Å². The molecule has 0 radical (unpaired) electrons. The standard InChI is InChI=1S/C7H13NO2.ClH/c1-2-10-6(9)7(5-8)3-4-7;/h2-5,8H2,1H3;1H. The van der Waals surface area contributed by atoms with Crippen LogP contribution in [0.1, 0.15) is 19.8 Å². The molecule has 4 heteroatoms. The van der Waals surface area contributed by atoms with Gasteiger partial charge in [-0.05, 0) is 19.8 Å². The normalized spacial score (nSPS) is 18.4. The highest BCUT2D eigenvalue weighted by Gasteiger charge is 2.49. The molecule has 0 bridgehead atoms. The lowest BCUT2D eigenvalue weighted by Gasteiger charge is -2.09. The van der Waals surface area contributed by atoms with Crippen LogP contribution in [0, 0.1) is 5.41 Å². The number of hydrogen-bond acceptors (Lipinski definition) is 3. The van der Waals surface area contributed by atoms with Crippen LogP contribution >= 0.6 is 12.4 Å². The molecule has 3 nitrogen and oxygen atoms in total. The molecule has 66 valence electrons. The van der Waals surface area contributed by atoms with Crippen molar-refractivity contribution in [3.8, 4) is 0 Å². The zero-order valence-electron chi connectivity index (χ0n) is 6.63. The molecule has 0 amide bonds. The number of rotatable bonds is 3. The molecule has 1 aliphatic rings. The SMILES string of the molecule is CCOC(=O)C1(CN)CC1.Cl. The minimum absolute atomic E-state index is 0. The summed E-state index contributed by atoms with van der Waals surface area (Å²) in [5.74, 6) is -0.113. The molecule has 0 aliphatic heterocycles. The fourth-order valence-corrected chi connectivity index (χ4v) is 0.927. The van der Waals surface area contributed by atoms with Crippen LogP contribution in [-0.2, 0) is 9.53 Å². The summed E-state index contributed by atoms with van der Waals surface area (Å²) in [5.41, 5.74) is 5.12. The first-order valence-corrected chi connectivity index (χ1v) is 3.62. The van der Waals surface area contributed by atoms with E-state index in [0.29, 0.717) is 13.2 Å². The van der Waals surface area contributed by atoms with Crippen LogP contribution in [0.15, 0.2) is 0 Å². The monoisotopic (exact) mass is 179 g/mol. The topological polar surface area (TPSA) is 52.3 Å². The summed E-state index contributed by atoms with van der Waals surface area (Å²) in [5, 5.41) is 0. The van der Waals surface area contributed by atoms with Crippen LogP contribution in [0.2, 0.25) is 0 Å². The van der Waals surface area contributed by atoms with Crippen molar-refractivity contribution in [1.29, 1.82) is 0 Å². The number of ether oxygens (including phenoxy) is 1. The van der Waals surface area contributed by atoms with Gasteiger partial charge < -0.3 is 10.5 Å². The van der Waals surface area contributed by atoms with E-state index in [1.165, 1.54) is 0 Å². The quantitative estimate of drug-likeness (QED) is 0.650. The van der Waals surface area contributed by atoms with Gasteiger partial charge in [0.1, 0.15) is 0 Å². The number of carbonyl (C=O) groups is 1. The molecule has 2 N–H and O–H groups in total. The lowest BCUT2D eigenvalue weighted by molar-refractivity contribution is -0.149. The molecule has 1 fully saturated rings. The third-order valence-electron chi connectivity index (χ3n) is 1.95. The summed E-state index contributed by atoms with van der Waals surface area (Å²) in [6, 6.07) is 0. The summed E-state index contributed by atoms with van der Waals surface area (Å²) in [7, 11) is 0. The van der Waals surface area contributed by atoms with Crippen molar-refractivity contribution in [3.05, 3.63) is 0 Å². The summed E-state index contributed by atoms with van der Waals surface area (Å²) < 4.78 is 4.84. The molecule has 0 atom stereocenters. The van der Waals surface area contributed by atoms with E-state index < -0.39 is 0 Å². The first-order valence-electron chi connectivity index (χ1n) is 3.62. The van der Waals surface area contributed by atoms with Crippen molar-refractivity contribution in [1.82, 2.24) is 0 Å². The molecule has 0 aromatic rings. The van der Waals surface area contributed by atoms with Gasteiger partial charge in [0, 0.05) is 6.54 Å². The summed E-state index contributed by atoms with van der Waals surface area (Å²) in [6.07, 6.45) is 1.81. The fourth-order valence-electron chi connectivity index (χ4n) is 0.927. The minimum Gasteiger partial charge on any atom is -0.466 e. The van der Waals surface area contributed by atoms with E-state index in [-0.39, 0.29) is 23.8 Å². The predicted molar refractivity (Wildman–Crippen MR) is 44.6 cm³/mol.